The van der Waals surface area contributed by atoms with Gasteiger partial charge in [-0.05, 0) is 20.8 Å². The number of hydrogen-bond acceptors (Lipinski definition) is 4. The third-order valence-electron chi connectivity index (χ3n) is 3.43. The van der Waals surface area contributed by atoms with Gasteiger partial charge in [0.25, 0.3) is 11.8 Å². The fraction of sp³-hybridized carbons (Fsp3) is 0.429. The van der Waals surface area contributed by atoms with E-state index in [0.29, 0.717) is 23.5 Å². The van der Waals surface area contributed by atoms with E-state index in [4.69, 9.17) is 0 Å². The number of rotatable bonds is 4. The molecule has 0 radical (unpaired) electrons. The molecule has 0 aliphatic carbocycles. The van der Waals surface area contributed by atoms with Gasteiger partial charge in [-0.15, -0.1) is 0 Å². The first-order valence-corrected chi connectivity index (χ1v) is 7.00. The third kappa shape index (κ3) is 2.72. The first kappa shape index (κ1) is 15.7. The Morgan fingerprint density at radius 1 is 1.23 bits per heavy atom. The van der Waals surface area contributed by atoms with Gasteiger partial charge in [0.1, 0.15) is 0 Å². The van der Waals surface area contributed by atoms with Crippen molar-refractivity contribution in [3.63, 3.8) is 0 Å². The van der Waals surface area contributed by atoms with Gasteiger partial charge in [0, 0.05) is 32.5 Å². The van der Waals surface area contributed by atoms with E-state index in [-0.39, 0.29) is 17.5 Å². The first-order valence-electron chi connectivity index (χ1n) is 7.00. The Morgan fingerprint density at radius 2 is 1.91 bits per heavy atom. The molecule has 2 aromatic heterocycles. The molecule has 2 N–H and O–H groups in total. The smallest absolute Gasteiger partial charge is 0.273 e. The van der Waals surface area contributed by atoms with Crippen molar-refractivity contribution in [3.05, 3.63) is 28.8 Å². The molecular weight excluding hydrogens is 284 g/mol. The molecule has 0 bridgehead atoms. The lowest BCUT2D eigenvalue weighted by Gasteiger charge is -2.05. The monoisotopic (exact) mass is 304 g/mol. The lowest BCUT2D eigenvalue weighted by atomic mass is 10.2. The number of nitrogens with zero attached hydrogens (tertiary/aromatic N) is 4. The maximum atomic E-state index is 12.5. The van der Waals surface area contributed by atoms with Crippen molar-refractivity contribution >= 4 is 17.5 Å². The van der Waals surface area contributed by atoms with Gasteiger partial charge in [-0.25, -0.2) is 0 Å². The van der Waals surface area contributed by atoms with Crippen molar-refractivity contribution in [1.82, 2.24) is 24.9 Å². The SMILES string of the molecule is CCn1nc(C)c(C(=O)Nc2cn(C)nc2C(=O)NC)c1C. The fourth-order valence-corrected chi connectivity index (χ4v) is 2.38. The number of carbonyl (C=O) groups excluding carboxylic acids is 2. The van der Waals surface area contributed by atoms with Crippen LogP contribution in [0.25, 0.3) is 0 Å². The molecule has 2 heterocycles. The number of hydrogen-bond donors (Lipinski definition) is 2. The molecule has 2 amide bonds. The summed E-state index contributed by atoms with van der Waals surface area (Å²) in [6.45, 7) is 6.29. The highest BCUT2D eigenvalue weighted by molar-refractivity contribution is 6.09. The van der Waals surface area contributed by atoms with E-state index >= 15 is 0 Å². The largest absolute Gasteiger partial charge is 0.354 e. The molecule has 22 heavy (non-hydrogen) atoms. The summed E-state index contributed by atoms with van der Waals surface area (Å²) in [5, 5.41) is 13.6. The number of aromatic nitrogens is 4. The second-order valence-corrected chi connectivity index (χ2v) is 4.96. The second kappa shape index (κ2) is 6.00. The Morgan fingerprint density at radius 3 is 2.45 bits per heavy atom. The maximum Gasteiger partial charge on any atom is 0.273 e. The van der Waals surface area contributed by atoms with Gasteiger partial charge in [-0.2, -0.15) is 10.2 Å². The molecule has 0 fully saturated rings. The van der Waals surface area contributed by atoms with Crippen molar-refractivity contribution in [1.29, 1.82) is 0 Å². The number of amides is 2. The summed E-state index contributed by atoms with van der Waals surface area (Å²) in [5.41, 5.74) is 2.52. The van der Waals surface area contributed by atoms with Gasteiger partial charge in [-0.1, -0.05) is 0 Å². The average molecular weight is 304 g/mol. The summed E-state index contributed by atoms with van der Waals surface area (Å²) in [6.07, 6.45) is 1.59. The number of aryl methyl sites for hydroxylation is 3. The van der Waals surface area contributed by atoms with Crippen LogP contribution in [0.3, 0.4) is 0 Å². The minimum atomic E-state index is -0.353. The number of carbonyl (C=O) groups is 2. The molecule has 0 aromatic carbocycles. The Hall–Kier alpha value is -2.64. The summed E-state index contributed by atoms with van der Waals surface area (Å²) in [4.78, 5) is 24.3. The standard InChI is InChI=1S/C14H20N6O2/c1-6-20-9(3)11(8(2)17-20)13(21)16-10-7-19(5)18-12(10)14(22)15-4/h7H,6H2,1-5H3,(H,15,22)(H,16,21). The Labute approximate surface area is 128 Å². The molecule has 8 nitrogen and oxygen atoms in total. The van der Waals surface area contributed by atoms with Crippen molar-refractivity contribution < 1.29 is 9.59 Å². The third-order valence-corrected chi connectivity index (χ3v) is 3.43. The molecule has 8 heteroatoms. The Bertz CT molecular complexity index is 728. The van der Waals surface area contributed by atoms with Crippen LogP contribution in [-0.2, 0) is 13.6 Å². The van der Waals surface area contributed by atoms with E-state index in [1.54, 1.807) is 24.9 Å². The minimum Gasteiger partial charge on any atom is -0.354 e. The average Bonchev–Trinajstić information content (AvgIpc) is 2.97. The van der Waals surface area contributed by atoms with Crippen LogP contribution in [0.4, 0.5) is 5.69 Å². The van der Waals surface area contributed by atoms with Gasteiger partial charge < -0.3 is 10.6 Å². The van der Waals surface area contributed by atoms with Crippen LogP contribution in [-0.4, -0.2) is 38.4 Å². The molecule has 118 valence electrons. The van der Waals surface area contributed by atoms with Crippen molar-refractivity contribution in [2.45, 2.75) is 27.3 Å². The fourth-order valence-electron chi connectivity index (χ4n) is 2.38. The Kier molecular flexibility index (Phi) is 4.30. The molecule has 0 aliphatic heterocycles. The lowest BCUT2D eigenvalue weighted by Crippen LogP contribution is -2.22. The molecule has 2 rings (SSSR count). The molecule has 0 atom stereocenters. The molecule has 0 spiro atoms. The van der Waals surface area contributed by atoms with E-state index in [0.717, 1.165) is 5.69 Å². The lowest BCUT2D eigenvalue weighted by molar-refractivity contribution is 0.0958. The van der Waals surface area contributed by atoms with Crippen LogP contribution in [0.5, 0.6) is 0 Å². The van der Waals surface area contributed by atoms with E-state index < -0.39 is 0 Å². The highest BCUT2D eigenvalue weighted by Crippen LogP contribution is 2.18. The normalized spacial score (nSPS) is 10.6. The van der Waals surface area contributed by atoms with Crippen LogP contribution in [0.2, 0.25) is 0 Å². The van der Waals surface area contributed by atoms with Gasteiger partial charge in [-0.3, -0.25) is 19.0 Å². The van der Waals surface area contributed by atoms with E-state index in [9.17, 15) is 9.59 Å². The number of anilines is 1. The summed E-state index contributed by atoms with van der Waals surface area (Å²) in [6, 6.07) is 0. The van der Waals surface area contributed by atoms with Crippen molar-refractivity contribution in [3.8, 4) is 0 Å². The van der Waals surface area contributed by atoms with Crippen molar-refractivity contribution in [2.24, 2.45) is 7.05 Å². The zero-order chi connectivity index (χ0) is 16.4. The first-order chi connectivity index (χ1) is 10.4. The van der Waals surface area contributed by atoms with Crippen LogP contribution in [0, 0.1) is 13.8 Å². The quantitative estimate of drug-likeness (QED) is 0.876. The highest BCUT2D eigenvalue weighted by Gasteiger charge is 2.22. The summed E-state index contributed by atoms with van der Waals surface area (Å²) < 4.78 is 3.25. The zero-order valence-electron chi connectivity index (χ0n) is 13.4. The van der Waals surface area contributed by atoms with Crippen LogP contribution in [0.1, 0.15) is 39.2 Å². The van der Waals surface area contributed by atoms with Gasteiger partial charge in [0.2, 0.25) is 0 Å². The predicted octanol–water partition coefficient (Wildman–Crippen LogP) is 0.865. The molecule has 0 unspecified atom stereocenters. The molecule has 0 saturated carbocycles. The molecule has 0 saturated heterocycles. The van der Waals surface area contributed by atoms with Crippen LogP contribution >= 0.6 is 0 Å². The minimum absolute atomic E-state index is 0.177. The van der Waals surface area contributed by atoms with Gasteiger partial charge in [0.15, 0.2) is 5.69 Å². The predicted molar refractivity (Wildman–Crippen MR) is 81.9 cm³/mol. The molecular formula is C14H20N6O2. The second-order valence-electron chi connectivity index (χ2n) is 4.96. The van der Waals surface area contributed by atoms with Crippen LogP contribution in [0.15, 0.2) is 6.20 Å². The van der Waals surface area contributed by atoms with E-state index in [1.165, 1.54) is 11.7 Å². The van der Waals surface area contributed by atoms with Crippen molar-refractivity contribution in [2.75, 3.05) is 12.4 Å². The summed E-state index contributed by atoms with van der Waals surface area (Å²) in [7, 11) is 3.20. The molecule has 0 aliphatic rings. The maximum absolute atomic E-state index is 12.5. The van der Waals surface area contributed by atoms with E-state index in [1.807, 2.05) is 13.8 Å². The molecule has 2 aromatic rings. The van der Waals surface area contributed by atoms with Gasteiger partial charge >= 0.3 is 0 Å². The van der Waals surface area contributed by atoms with E-state index in [2.05, 4.69) is 20.8 Å². The zero-order valence-corrected chi connectivity index (χ0v) is 13.4. The number of nitrogens with one attached hydrogen (secondary N) is 2. The van der Waals surface area contributed by atoms with Crippen LogP contribution < -0.4 is 10.6 Å². The van der Waals surface area contributed by atoms with Gasteiger partial charge in [0.05, 0.1) is 16.9 Å². The highest BCUT2D eigenvalue weighted by atomic mass is 16.2. The summed E-state index contributed by atoms with van der Waals surface area (Å²) in [5.74, 6) is -0.651. The topological polar surface area (TPSA) is 93.8 Å². The Balaban J connectivity index is 2.34. The summed E-state index contributed by atoms with van der Waals surface area (Å²) >= 11 is 0.